The quantitative estimate of drug-likeness (QED) is 0.279. The summed E-state index contributed by atoms with van der Waals surface area (Å²) in [5.74, 6) is 0. The Hall–Kier alpha value is 3.46. The van der Waals surface area contributed by atoms with E-state index in [4.69, 9.17) is 0 Å². The van der Waals surface area contributed by atoms with E-state index >= 15 is 0 Å². The molecule has 0 aliphatic carbocycles. The predicted octanol–water partition coefficient (Wildman–Crippen LogP) is 2.94. The summed E-state index contributed by atoms with van der Waals surface area (Å²) in [5, 5.41) is 0. The van der Waals surface area contributed by atoms with E-state index in [9.17, 15) is 0 Å². The van der Waals surface area contributed by atoms with Crippen LogP contribution in [0.3, 0.4) is 0 Å². The van der Waals surface area contributed by atoms with Gasteiger partial charge in [-0.25, -0.2) is 0 Å². The van der Waals surface area contributed by atoms with Gasteiger partial charge in [0.2, 0.25) is 0 Å². The molecular weight excluding hydrogens is 718 g/mol. The van der Waals surface area contributed by atoms with E-state index in [1.807, 2.05) is 3.37 Å². The van der Waals surface area contributed by atoms with Crippen LogP contribution in [0.25, 0.3) is 0 Å². The van der Waals surface area contributed by atoms with Crippen LogP contribution in [0.2, 0.25) is 4.22 Å². The van der Waals surface area contributed by atoms with Gasteiger partial charge in [0.25, 0.3) is 0 Å². The van der Waals surface area contributed by atoms with Gasteiger partial charge in [-0.1, -0.05) is 0 Å². The fraction of sp³-hybridized carbons (Fsp3) is 0.143. The minimum absolute atomic E-state index is 0.687. The second-order valence-corrected chi connectivity index (χ2v) is 23.0. The number of halogens is 2. The van der Waals surface area contributed by atoms with Gasteiger partial charge in [-0.2, -0.15) is 0 Å². The molecule has 3 aliphatic heterocycles. The van der Waals surface area contributed by atoms with Crippen molar-refractivity contribution in [2.24, 2.45) is 0 Å². The van der Waals surface area contributed by atoms with Gasteiger partial charge in [0.15, 0.2) is 0 Å². The van der Waals surface area contributed by atoms with E-state index in [2.05, 4.69) is 68.7 Å². The number of hydrogen-bond acceptors (Lipinski definition) is 2. The van der Waals surface area contributed by atoms with Crippen molar-refractivity contribution in [1.82, 2.24) is 0 Å². The van der Waals surface area contributed by atoms with Crippen LogP contribution < -0.4 is 0 Å². The number of rotatable bonds is 0. The molecule has 0 N–H and O–H groups in total. The van der Waals surface area contributed by atoms with Crippen LogP contribution >= 0.6 is 68.7 Å². The molecule has 0 unspecified atom stereocenters. The zero-order chi connectivity index (χ0) is 10.4. The van der Waals surface area contributed by atoms with Crippen molar-refractivity contribution >= 4 is 129 Å². The first-order valence-electron chi connectivity index (χ1n) is 3.75. The van der Waals surface area contributed by atoms with Crippen LogP contribution in [0.15, 0.2) is 20.2 Å². The fourth-order valence-corrected chi connectivity index (χ4v) is 27.8. The molecule has 3 rings (SSSR count). The summed E-state index contributed by atoms with van der Waals surface area (Å²) in [4.78, 5) is 0. The van der Waals surface area contributed by atoms with Crippen LogP contribution in [0.1, 0.15) is 0 Å². The summed E-state index contributed by atoms with van der Waals surface area (Å²) >= 11 is 12.5. The Kier molecular flexibility index (Phi) is 5.23. The summed E-state index contributed by atoms with van der Waals surface area (Å²) in [7, 11) is 0. The molecule has 0 saturated heterocycles. The molecule has 0 spiro atoms. The summed E-state index contributed by atoms with van der Waals surface area (Å²) in [5.41, 5.74) is 0. The van der Waals surface area contributed by atoms with Crippen molar-refractivity contribution in [2.75, 3.05) is 0 Å². The van der Waals surface area contributed by atoms with Gasteiger partial charge in [-0.3, -0.25) is 0 Å². The molecule has 3 aliphatic rings. The average molecular weight is 720 g/mol. The Morgan fingerprint density at radius 1 is 0.933 bits per heavy atom. The first-order valence-corrected chi connectivity index (χ1v) is 15.1. The maximum atomic E-state index is 2.55. The normalized spacial score (nSPS) is 26.0. The van der Waals surface area contributed by atoms with Crippen LogP contribution in [-0.2, 0) is 0 Å². The van der Waals surface area contributed by atoms with Gasteiger partial charge in [0, 0.05) is 0 Å². The Morgan fingerprint density at radius 3 is 2.00 bits per heavy atom. The summed E-state index contributed by atoms with van der Waals surface area (Å²) < 4.78 is 11.9. The fourth-order valence-electron chi connectivity index (χ4n) is 1.02. The molecule has 0 fully saturated rings. The van der Waals surface area contributed by atoms with Crippen molar-refractivity contribution in [1.29, 1.82) is 0 Å². The summed E-state index contributed by atoms with van der Waals surface area (Å²) in [6, 6.07) is 0. The minimum atomic E-state index is 0.687. The van der Waals surface area contributed by atoms with Gasteiger partial charge in [-0.05, 0) is 0 Å². The van der Waals surface area contributed by atoms with Crippen molar-refractivity contribution in [3.05, 3.63) is 20.2 Å². The molecule has 0 nitrogen and oxygen atoms in total. The van der Waals surface area contributed by atoms with Crippen LogP contribution in [-0.4, -0.2) is 59.8 Å². The molecular formula is C7H2I2S2Se4. The first-order chi connectivity index (χ1) is 7.24. The maximum absolute atomic E-state index is 2.55. The monoisotopic (exact) mass is 723 g/mol. The van der Waals surface area contributed by atoms with E-state index in [0.29, 0.717) is 29.9 Å². The molecule has 0 aromatic rings. The molecule has 15 heavy (non-hydrogen) atoms. The molecule has 3 heterocycles. The molecule has 0 saturated carbocycles. The molecule has 0 aromatic carbocycles. The predicted molar refractivity (Wildman–Crippen MR) is 92.1 cm³/mol. The van der Waals surface area contributed by atoms with Gasteiger partial charge < -0.3 is 0 Å². The van der Waals surface area contributed by atoms with E-state index in [0.717, 1.165) is 29.9 Å². The van der Waals surface area contributed by atoms with Crippen molar-refractivity contribution in [3.63, 3.8) is 0 Å². The van der Waals surface area contributed by atoms with Crippen molar-refractivity contribution in [3.8, 4) is 0 Å². The van der Waals surface area contributed by atoms with Crippen LogP contribution in [0.5, 0.6) is 0 Å². The Labute approximate surface area is 150 Å². The molecule has 80 valence electrons. The van der Waals surface area contributed by atoms with Gasteiger partial charge in [0.05, 0.1) is 0 Å². The first kappa shape index (κ1) is 13.4. The van der Waals surface area contributed by atoms with Crippen LogP contribution in [0, 0.1) is 0 Å². The van der Waals surface area contributed by atoms with Gasteiger partial charge in [0.1, 0.15) is 0 Å². The molecule has 0 bridgehead atoms. The average Bonchev–Trinajstić information content (AvgIpc) is 2.80. The van der Waals surface area contributed by atoms with Crippen molar-refractivity contribution < 1.29 is 0 Å². The standard InChI is InChI=1S/C7H2I2S2Se4/c8-2-3(9)15-7(14-2)4-10-5-6(11-4)13-1-12-5/h1H2. The van der Waals surface area contributed by atoms with E-state index < -0.39 is 0 Å². The third kappa shape index (κ3) is 2.97. The third-order valence-electron chi connectivity index (χ3n) is 1.60. The van der Waals surface area contributed by atoms with Gasteiger partial charge >= 0.3 is 153 Å². The topological polar surface area (TPSA) is 0 Å². The van der Waals surface area contributed by atoms with E-state index in [1.165, 1.54) is 4.22 Å². The Morgan fingerprint density at radius 2 is 1.47 bits per heavy atom. The molecule has 8 heteroatoms. The zero-order valence-corrected chi connectivity index (χ0v) is 19.7. The van der Waals surface area contributed by atoms with E-state index in [1.54, 1.807) is 16.8 Å². The Balaban J connectivity index is 1.80. The summed E-state index contributed by atoms with van der Waals surface area (Å²) in [6.07, 6.45) is 0. The van der Waals surface area contributed by atoms with Gasteiger partial charge in [-0.15, -0.1) is 0 Å². The second-order valence-electron chi connectivity index (χ2n) is 2.51. The molecule has 0 amide bonds. The third-order valence-corrected chi connectivity index (χ3v) is 25.2. The number of thioether (sulfide) groups is 2. The Bertz CT molecular complexity index is 395. The molecule has 0 aromatic heterocycles. The van der Waals surface area contributed by atoms with E-state index in [-0.39, 0.29) is 0 Å². The van der Waals surface area contributed by atoms with Crippen molar-refractivity contribution in [2.45, 2.75) is 4.22 Å². The zero-order valence-electron chi connectivity index (χ0n) is 6.91. The second kappa shape index (κ2) is 5.84. The SMILES string of the molecule is IC1=C(I)[Se]C(=C2SC3=C(S2)[Se]C[Se]3)[Se]1. The number of hydrogen-bond donors (Lipinski definition) is 0. The molecule has 0 radical (unpaired) electrons. The van der Waals surface area contributed by atoms with Crippen LogP contribution in [0.4, 0.5) is 0 Å². The summed E-state index contributed by atoms with van der Waals surface area (Å²) in [6.45, 7) is 0. The molecule has 0 atom stereocenters.